The average molecular weight is 325 g/mol. The van der Waals surface area contributed by atoms with E-state index in [1.54, 1.807) is 37.1 Å². The van der Waals surface area contributed by atoms with Gasteiger partial charge in [0.1, 0.15) is 5.75 Å². The maximum Gasteiger partial charge on any atom is 0.304 e. The van der Waals surface area contributed by atoms with Crippen LogP contribution >= 0.6 is 0 Å². The lowest BCUT2D eigenvalue weighted by Crippen LogP contribution is -2.39. The minimum absolute atomic E-state index is 0.197. The fraction of sp³-hybridized carbons (Fsp3) is 0.263. The summed E-state index contributed by atoms with van der Waals surface area (Å²) >= 11 is 0. The Hall–Kier alpha value is -2.82. The van der Waals surface area contributed by atoms with Crippen LogP contribution in [0.3, 0.4) is 0 Å². The van der Waals surface area contributed by atoms with Crippen molar-refractivity contribution in [3.8, 4) is 5.75 Å². The van der Waals surface area contributed by atoms with Gasteiger partial charge in [0.25, 0.3) is 0 Å². The van der Waals surface area contributed by atoms with Gasteiger partial charge in [0, 0.05) is 6.07 Å². The SMILES string of the molecule is COc1ccc2c(c1)N(Cc1ccccc1)C(=O)[C@]2(C)CC(=O)O. The highest BCUT2D eigenvalue weighted by Crippen LogP contribution is 2.46. The van der Waals surface area contributed by atoms with E-state index in [2.05, 4.69) is 0 Å². The quantitative estimate of drug-likeness (QED) is 0.918. The number of carboxylic acid groups (broad SMARTS) is 1. The maximum absolute atomic E-state index is 13.0. The van der Waals surface area contributed by atoms with Crippen molar-refractivity contribution in [1.82, 2.24) is 0 Å². The van der Waals surface area contributed by atoms with Crippen molar-refractivity contribution in [3.05, 3.63) is 59.7 Å². The topological polar surface area (TPSA) is 66.8 Å². The van der Waals surface area contributed by atoms with E-state index in [1.165, 1.54) is 0 Å². The standard InChI is InChI=1S/C19H19NO4/c1-19(11-17(21)22)15-9-8-14(24-2)10-16(15)20(18(19)23)12-13-6-4-3-5-7-13/h3-10H,11-12H2,1-2H3,(H,21,22)/t19-/m1/s1. The summed E-state index contributed by atoms with van der Waals surface area (Å²) in [4.78, 5) is 26.0. The second-order valence-electron chi connectivity index (χ2n) is 6.16. The smallest absolute Gasteiger partial charge is 0.304 e. The summed E-state index contributed by atoms with van der Waals surface area (Å²) in [5, 5.41) is 9.26. The van der Waals surface area contributed by atoms with Crippen molar-refractivity contribution in [2.45, 2.75) is 25.3 Å². The minimum Gasteiger partial charge on any atom is -0.497 e. The molecule has 0 spiro atoms. The van der Waals surface area contributed by atoms with Crippen molar-refractivity contribution in [1.29, 1.82) is 0 Å². The number of fused-ring (bicyclic) bond motifs is 1. The molecule has 1 aliphatic heterocycles. The molecule has 0 unspecified atom stereocenters. The van der Waals surface area contributed by atoms with Gasteiger partial charge in [-0.1, -0.05) is 36.4 Å². The summed E-state index contributed by atoms with van der Waals surface area (Å²) in [7, 11) is 1.57. The average Bonchev–Trinajstić information content (AvgIpc) is 2.76. The molecule has 5 heteroatoms. The Morgan fingerprint density at radius 1 is 1.21 bits per heavy atom. The van der Waals surface area contributed by atoms with E-state index in [4.69, 9.17) is 4.74 Å². The number of carbonyl (C=O) groups excluding carboxylic acids is 1. The van der Waals surface area contributed by atoms with E-state index in [9.17, 15) is 14.7 Å². The highest BCUT2D eigenvalue weighted by Gasteiger charge is 2.48. The lowest BCUT2D eigenvalue weighted by molar-refractivity contribution is -0.141. The Labute approximate surface area is 140 Å². The number of carbonyl (C=O) groups is 2. The molecule has 1 aliphatic rings. The number of carboxylic acids is 1. The molecule has 3 rings (SSSR count). The summed E-state index contributed by atoms with van der Waals surface area (Å²) in [6.45, 7) is 2.09. The van der Waals surface area contributed by atoms with E-state index in [-0.39, 0.29) is 12.3 Å². The van der Waals surface area contributed by atoms with Crippen molar-refractivity contribution in [2.75, 3.05) is 12.0 Å². The minimum atomic E-state index is -1.07. The van der Waals surface area contributed by atoms with Gasteiger partial charge in [-0.05, 0) is 24.1 Å². The third kappa shape index (κ3) is 2.62. The van der Waals surface area contributed by atoms with Crippen LogP contribution in [-0.4, -0.2) is 24.1 Å². The number of anilines is 1. The molecule has 5 nitrogen and oxygen atoms in total. The molecular formula is C19H19NO4. The van der Waals surface area contributed by atoms with Gasteiger partial charge < -0.3 is 14.7 Å². The van der Waals surface area contributed by atoms with Gasteiger partial charge in [0.05, 0.1) is 31.2 Å². The fourth-order valence-electron chi connectivity index (χ4n) is 3.25. The largest absolute Gasteiger partial charge is 0.497 e. The Morgan fingerprint density at radius 3 is 2.54 bits per heavy atom. The summed E-state index contributed by atoms with van der Waals surface area (Å²) in [5.74, 6) is -0.551. The molecule has 124 valence electrons. The maximum atomic E-state index is 13.0. The van der Waals surface area contributed by atoms with Crippen LogP contribution in [0.15, 0.2) is 48.5 Å². The van der Waals surface area contributed by atoms with Crippen LogP contribution in [0, 0.1) is 0 Å². The van der Waals surface area contributed by atoms with E-state index in [0.29, 0.717) is 18.0 Å². The number of rotatable bonds is 5. The zero-order chi connectivity index (χ0) is 17.3. The second-order valence-corrected chi connectivity index (χ2v) is 6.16. The Kier molecular flexibility index (Phi) is 4.01. The number of benzene rings is 2. The molecule has 0 fully saturated rings. The Morgan fingerprint density at radius 2 is 1.92 bits per heavy atom. The molecule has 2 aromatic rings. The number of amides is 1. The summed E-state index contributed by atoms with van der Waals surface area (Å²) < 4.78 is 5.27. The van der Waals surface area contributed by atoms with Crippen LogP contribution in [0.1, 0.15) is 24.5 Å². The molecule has 0 saturated heterocycles. The van der Waals surface area contributed by atoms with Crippen LogP contribution in [0.25, 0.3) is 0 Å². The first kappa shape index (κ1) is 16.1. The van der Waals surface area contributed by atoms with Crippen LogP contribution in [-0.2, 0) is 21.5 Å². The number of aliphatic carboxylic acids is 1. The molecule has 0 bridgehead atoms. The lowest BCUT2D eigenvalue weighted by Gasteiger charge is -2.22. The van der Waals surface area contributed by atoms with Gasteiger partial charge >= 0.3 is 5.97 Å². The molecular weight excluding hydrogens is 306 g/mol. The van der Waals surface area contributed by atoms with Crippen molar-refractivity contribution in [3.63, 3.8) is 0 Å². The lowest BCUT2D eigenvalue weighted by atomic mass is 9.80. The van der Waals surface area contributed by atoms with E-state index >= 15 is 0 Å². The molecule has 0 aliphatic carbocycles. The van der Waals surface area contributed by atoms with Gasteiger partial charge in [-0.25, -0.2) is 0 Å². The van der Waals surface area contributed by atoms with E-state index < -0.39 is 11.4 Å². The van der Waals surface area contributed by atoms with Crippen molar-refractivity contribution >= 4 is 17.6 Å². The van der Waals surface area contributed by atoms with Gasteiger partial charge in [-0.2, -0.15) is 0 Å². The highest BCUT2D eigenvalue weighted by atomic mass is 16.5. The summed E-state index contributed by atoms with van der Waals surface area (Å²) in [5.41, 5.74) is 1.36. The first-order valence-electron chi connectivity index (χ1n) is 7.72. The molecule has 1 N–H and O–H groups in total. The van der Waals surface area contributed by atoms with Crippen LogP contribution < -0.4 is 9.64 Å². The second kappa shape index (κ2) is 6.00. The molecule has 0 radical (unpaired) electrons. The molecule has 0 saturated carbocycles. The third-order valence-electron chi connectivity index (χ3n) is 4.50. The predicted octanol–water partition coefficient (Wildman–Crippen LogP) is 2.97. The van der Waals surface area contributed by atoms with E-state index in [0.717, 1.165) is 11.1 Å². The first-order chi connectivity index (χ1) is 11.5. The predicted molar refractivity (Wildman–Crippen MR) is 90.2 cm³/mol. The molecule has 24 heavy (non-hydrogen) atoms. The van der Waals surface area contributed by atoms with Gasteiger partial charge in [0.2, 0.25) is 5.91 Å². The van der Waals surface area contributed by atoms with Gasteiger partial charge in [0.15, 0.2) is 0 Å². The van der Waals surface area contributed by atoms with Crippen LogP contribution in [0.2, 0.25) is 0 Å². The normalized spacial score (nSPS) is 19.2. The summed E-state index contributed by atoms with van der Waals surface area (Å²) in [6.07, 6.45) is -0.240. The summed E-state index contributed by atoms with van der Waals surface area (Å²) in [6, 6.07) is 15.0. The van der Waals surface area contributed by atoms with E-state index in [1.807, 2.05) is 30.3 Å². The zero-order valence-corrected chi connectivity index (χ0v) is 13.7. The number of ether oxygens (including phenoxy) is 1. The Balaban J connectivity index is 2.07. The monoisotopic (exact) mass is 325 g/mol. The van der Waals surface area contributed by atoms with Crippen molar-refractivity contribution < 1.29 is 19.4 Å². The van der Waals surface area contributed by atoms with Gasteiger partial charge in [-0.15, -0.1) is 0 Å². The molecule has 2 aromatic carbocycles. The fourth-order valence-corrected chi connectivity index (χ4v) is 3.25. The van der Waals surface area contributed by atoms with Crippen LogP contribution in [0.4, 0.5) is 5.69 Å². The number of methoxy groups -OCH3 is 1. The number of nitrogens with zero attached hydrogens (tertiary/aromatic N) is 1. The number of hydrogen-bond acceptors (Lipinski definition) is 3. The van der Waals surface area contributed by atoms with Gasteiger partial charge in [-0.3, -0.25) is 9.59 Å². The first-order valence-corrected chi connectivity index (χ1v) is 7.72. The molecule has 1 atom stereocenters. The zero-order valence-electron chi connectivity index (χ0n) is 13.7. The molecule has 0 aromatic heterocycles. The van der Waals surface area contributed by atoms with Crippen LogP contribution in [0.5, 0.6) is 5.75 Å². The Bertz CT molecular complexity index is 787. The molecule has 1 amide bonds. The van der Waals surface area contributed by atoms with Crippen molar-refractivity contribution in [2.24, 2.45) is 0 Å². The molecule has 1 heterocycles. The highest BCUT2D eigenvalue weighted by molar-refractivity contribution is 6.09. The number of hydrogen-bond donors (Lipinski definition) is 1. The third-order valence-corrected chi connectivity index (χ3v) is 4.50.